The molecule has 20 heavy (non-hydrogen) atoms. The summed E-state index contributed by atoms with van der Waals surface area (Å²) >= 11 is 0. The smallest absolute Gasteiger partial charge is 0.337 e. The maximum absolute atomic E-state index is 13.8. The summed E-state index contributed by atoms with van der Waals surface area (Å²) in [6.07, 6.45) is 1.81. The number of hydrogen-bond donors (Lipinski definition) is 3. The number of carboxylic acid groups (broad SMARTS) is 1. The third-order valence-electron chi connectivity index (χ3n) is 3.07. The minimum absolute atomic E-state index is 0.0325. The van der Waals surface area contributed by atoms with Crippen LogP contribution in [-0.4, -0.2) is 16.1 Å². The standard InChI is InChI=1S/C15H11FN2O2/c16-12-3-1-2-11(15(19)20)14(12)18-10-4-5-13-9(8-10)6-7-17-13/h1-8,17-18H,(H,19,20). The zero-order chi connectivity index (χ0) is 14.1. The van der Waals surface area contributed by atoms with E-state index in [9.17, 15) is 9.18 Å². The molecule has 5 heteroatoms. The first-order valence-corrected chi connectivity index (χ1v) is 6.01. The molecular formula is C15H11FN2O2. The van der Waals surface area contributed by atoms with Gasteiger partial charge in [-0.1, -0.05) is 6.07 Å². The summed E-state index contributed by atoms with van der Waals surface area (Å²) in [5.74, 6) is -1.77. The SMILES string of the molecule is O=C(O)c1cccc(F)c1Nc1ccc2[nH]ccc2c1. The van der Waals surface area contributed by atoms with Crippen molar-refractivity contribution in [2.75, 3.05) is 5.32 Å². The van der Waals surface area contributed by atoms with Gasteiger partial charge in [0.1, 0.15) is 5.82 Å². The van der Waals surface area contributed by atoms with Crippen molar-refractivity contribution in [3.63, 3.8) is 0 Å². The maximum atomic E-state index is 13.8. The fourth-order valence-electron chi connectivity index (χ4n) is 2.10. The number of carboxylic acids is 1. The second kappa shape index (κ2) is 4.70. The van der Waals surface area contributed by atoms with Gasteiger partial charge in [-0.3, -0.25) is 0 Å². The van der Waals surface area contributed by atoms with Crippen molar-refractivity contribution < 1.29 is 14.3 Å². The highest BCUT2D eigenvalue weighted by atomic mass is 19.1. The number of H-pyrrole nitrogens is 1. The third-order valence-corrected chi connectivity index (χ3v) is 3.07. The molecule has 0 bridgehead atoms. The lowest BCUT2D eigenvalue weighted by atomic mass is 10.1. The summed E-state index contributed by atoms with van der Waals surface area (Å²) in [5.41, 5.74) is 1.46. The van der Waals surface area contributed by atoms with Gasteiger partial charge in [0.2, 0.25) is 0 Å². The van der Waals surface area contributed by atoms with Crippen LogP contribution in [0.25, 0.3) is 10.9 Å². The van der Waals surface area contributed by atoms with E-state index in [1.807, 2.05) is 18.2 Å². The molecule has 0 unspecified atom stereocenters. The van der Waals surface area contributed by atoms with Gasteiger partial charge in [0.15, 0.2) is 0 Å². The Kier molecular flexibility index (Phi) is 2.87. The van der Waals surface area contributed by atoms with Gasteiger partial charge >= 0.3 is 5.97 Å². The number of anilines is 2. The van der Waals surface area contributed by atoms with Crippen LogP contribution in [0.15, 0.2) is 48.7 Å². The van der Waals surface area contributed by atoms with E-state index in [0.717, 1.165) is 10.9 Å². The Morgan fingerprint density at radius 1 is 1.20 bits per heavy atom. The van der Waals surface area contributed by atoms with E-state index in [1.165, 1.54) is 18.2 Å². The summed E-state index contributed by atoms with van der Waals surface area (Å²) in [6, 6.07) is 11.3. The molecule has 4 nitrogen and oxygen atoms in total. The molecule has 3 rings (SSSR count). The second-order valence-electron chi connectivity index (χ2n) is 4.37. The van der Waals surface area contributed by atoms with Crippen LogP contribution in [0.3, 0.4) is 0 Å². The highest BCUT2D eigenvalue weighted by molar-refractivity contribution is 5.95. The van der Waals surface area contributed by atoms with Gasteiger partial charge in [0.25, 0.3) is 0 Å². The molecule has 0 aliphatic carbocycles. The molecule has 2 aromatic carbocycles. The number of halogens is 1. The normalized spacial score (nSPS) is 10.7. The molecular weight excluding hydrogens is 259 g/mol. The lowest BCUT2D eigenvalue weighted by Crippen LogP contribution is -2.04. The molecule has 3 N–H and O–H groups in total. The van der Waals surface area contributed by atoms with Crippen LogP contribution >= 0.6 is 0 Å². The van der Waals surface area contributed by atoms with Crippen molar-refractivity contribution >= 4 is 28.2 Å². The van der Waals surface area contributed by atoms with Gasteiger partial charge in [-0.2, -0.15) is 0 Å². The molecule has 0 amide bonds. The number of fused-ring (bicyclic) bond motifs is 1. The molecule has 0 saturated heterocycles. The highest BCUT2D eigenvalue weighted by Gasteiger charge is 2.14. The predicted octanol–water partition coefficient (Wildman–Crippen LogP) is 3.75. The Morgan fingerprint density at radius 2 is 2.05 bits per heavy atom. The van der Waals surface area contributed by atoms with E-state index in [-0.39, 0.29) is 11.3 Å². The number of nitrogens with one attached hydrogen (secondary N) is 2. The largest absolute Gasteiger partial charge is 0.478 e. The van der Waals surface area contributed by atoms with Crippen LogP contribution < -0.4 is 5.32 Å². The topological polar surface area (TPSA) is 65.1 Å². The van der Waals surface area contributed by atoms with E-state index in [0.29, 0.717) is 5.69 Å². The number of aromatic carboxylic acids is 1. The van der Waals surface area contributed by atoms with Crippen LogP contribution in [0, 0.1) is 5.82 Å². The Bertz CT molecular complexity index is 795. The number of aromatic nitrogens is 1. The summed E-state index contributed by atoms with van der Waals surface area (Å²) < 4.78 is 13.8. The predicted molar refractivity (Wildman–Crippen MR) is 74.9 cm³/mol. The Labute approximate surface area is 113 Å². The quantitative estimate of drug-likeness (QED) is 0.679. The number of rotatable bonds is 3. The van der Waals surface area contributed by atoms with Crippen molar-refractivity contribution in [1.29, 1.82) is 0 Å². The molecule has 3 aromatic rings. The minimum atomic E-state index is -1.17. The molecule has 0 atom stereocenters. The molecule has 1 heterocycles. The lowest BCUT2D eigenvalue weighted by molar-refractivity contribution is 0.0697. The summed E-state index contributed by atoms with van der Waals surface area (Å²) in [4.78, 5) is 14.2. The zero-order valence-electron chi connectivity index (χ0n) is 10.4. The zero-order valence-corrected chi connectivity index (χ0v) is 10.4. The first kappa shape index (κ1) is 12.2. The number of benzene rings is 2. The molecule has 0 aliphatic heterocycles. The monoisotopic (exact) mass is 270 g/mol. The Morgan fingerprint density at radius 3 is 2.85 bits per heavy atom. The van der Waals surface area contributed by atoms with E-state index in [1.54, 1.807) is 12.3 Å². The van der Waals surface area contributed by atoms with Gasteiger partial charge in [0.05, 0.1) is 11.3 Å². The van der Waals surface area contributed by atoms with Crippen LogP contribution in [0.2, 0.25) is 0 Å². The van der Waals surface area contributed by atoms with Crippen LogP contribution in [0.4, 0.5) is 15.8 Å². The fraction of sp³-hybridized carbons (Fsp3) is 0. The molecule has 0 saturated carbocycles. The minimum Gasteiger partial charge on any atom is -0.478 e. The molecule has 0 spiro atoms. The molecule has 0 radical (unpaired) electrons. The first-order chi connectivity index (χ1) is 9.65. The summed E-state index contributed by atoms with van der Waals surface area (Å²) in [7, 11) is 0. The van der Waals surface area contributed by atoms with Crippen LogP contribution in [0.5, 0.6) is 0 Å². The van der Waals surface area contributed by atoms with E-state index in [2.05, 4.69) is 10.3 Å². The van der Waals surface area contributed by atoms with Crippen LogP contribution in [0.1, 0.15) is 10.4 Å². The van der Waals surface area contributed by atoms with Crippen molar-refractivity contribution in [3.05, 3.63) is 60.0 Å². The summed E-state index contributed by atoms with van der Waals surface area (Å²) in [5, 5.41) is 12.9. The summed E-state index contributed by atoms with van der Waals surface area (Å²) in [6.45, 7) is 0. The highest BCUT2D eigenvalue weighted by Crippen LogP contribution is 2.26. The van der Waals surface area contributed by atoms with Gasteiger partial charge in [-0.15, -0.1) is 0 Å². The van der Waals surface area contributed by atoms with Crippen LogP contribution in [-0.2, 0) is 0 Å². The number of aromatic amines is 1. The van der Waals surface area contributed by atoms with Crippen molar-refractivity contribution in [2.45, 2.75) is 0 Å². The number of carbonyl (C=O) groups is 1. The van der Waals surface area contributed by atoms with Gasteiger partial charge < -0.3 is 15.4 Å². The molecule has 1 aromatic heterocycles. The van der Waals surface area contributed by atoms with Crippen molar-refractivity contribution in [2.24, 2.45) is 0 Å². The third kappa shape index (κ3) is 2.09. The average molecular weight is 270 g/mol. The van der Waals surface area contributed by atoms with E-state index < -0.39 is 11.8 Å². The van der Waals surface area contributed by atoms with Crippen molar-refractivity contribution in [1.82, 2.24) is 4.98 Å². The fourth-order valence-corrected chi connectivity index (χ4v) is 2.10. The second-order valence-corrected chi connectivity index (χ2v) is 4.37. The maximum Gasteiger partial charge on any atom is 0.337 e. The Hall–Kier alpha value is -2.82. The Balaban J connectivity index is 2.04. The molecule has 100 valence electrons. The van der Waals surface area contributed by atoms with Gasteiger partial charge in [-0.05, 0) is 36.4 Å². The average Bonchev–Trinajstić information content (AvgIpc) is 2.88. The number of para-hydroxylation sites is 1. The first-order valence-electron chi connectivity index (χ1n) is 6.01. The van der Waals surface area contributed by atoms with Gasteiger partial charge in [0, 0.05) is 22.8 Å². The molecule has 0 aliphatic rings. The lowest BCUT2D eigenvalue weighted by Gasteiger charge is -2.10. The number of hydrogen-bond acceptors (Lipinski definition) is 2. The van der Waals surface area contributed by atoms with Crippen molar-refractivity contribution in [3.8, 4) is 0 Å². The molecule has 0 fully saturated rings. The van der Waals surface area contributed by atoms with E-state index >= 15 is 0 Å². The van der Waals surface area contributed by atoms with Gasteiger partial charge in [-0.25, -0.2) is 9.18 Å². The van der Waals surface area contributed by atoms with E-state index in [4.69, 9.17) is 5.11 Å².